The Labute approximate surface area is 158 Å². The second kappa shape index (κ2) is 8.66. The molecule has 7 nitrogen and oxygen atoms in total. The molecule has 142 valence electrons. The molecule has 27 heavy (non-hydrogen) atoms. The van der Waals surface area contributed by atoms with Crippen LogP contribution in [0.25, 0.3) is 0 Å². The molecule has 1 aliphatic rings. The van der Waals surface area contributed by atoms with Crippen molar-refractivity contribution in [1.29, 1.82) is 0 Å². The molecule has 1 atom stereocenters. The maximum Gasteiger partial charge on any atom is 0.252 e. The van der Waals surface area contributed by atoms with Gasteiger partial charge in [0, 0.05) is 31.0 Å². The number of methoxy groups -OCH3 is 1. The minimum absolute atomic E-state index is 0.272. The molecule has 0 bridgehead atoms. The van der Waals surface area contributed by atoms with Gasteiger partial charge in [-0.15, -0.1) is 0 Å². The smallest absolute Gasteiger partial charge is 0.252 e. The lowest BCUT2D eigenvalue weighted by molar-refractivity contribution is -0.119. The maximum absolute atomic E-state index is 12.7. The molecule has 0 saturated carbocycles. The molecule has 2 amide bonds. The van der Waals surface area contributed by atoms with Crippen molar-refractivity contribution in [3.63, 3.8) is 0 Å². The van der Waals surface area contributed by atoms with Crippen molar-refractivity contribution in [2.75, 3.05) is 20.2 Å². The zero-order valence-electron chi connectivity index (χ0n) is 15.2. The van der Waals surface area contributed by atoms with Crippen molar-refractivity contribution >= 4 is 11.8 Å². The van der Waals surface area contributed by atoms with E-state index in [1.54, 1.807) is 19.2 Å². The third kappa shape index (κ3) is 4.64. The molecule has 2 aromatic rings. The third-order valence-electron chi connectivity index (χ3n) is 4.69. The molecule has 1 fully saturated rings. The fourth-order valence-electron chi connectivity index (χ4n) is 3.19. The van der Waals surface area contributed by atoms with Crippen LogP contribution in [0.5, 0.6) is 5.75 Å². The minimum atomic E-state index is -0.784. The van der Waals surface area contributed by atoms with E-state index in [9.17, 15) is 9.59 Å². The number of hydrazine groups is 1. The highest BCUT2D eigenvalue weighted by molar-refractivity contribution is 5.97. The van der Waals surface area contributed by atoms with E-state index in [-0.39, 0.29) is 11.8 Å². The summed E-state index contributed by atoms with van der Waals surface area (Å²) in [7, 11) is 1.58. The first-order valence-corrected chi connectivity index (χ1v) is 8.86. The molecule has 0 aromatic heterocycles. The number of ether oxygens (including phenoxy) is 1. The fraction of sp³-hybridized carbons (Fsp3) is 0.300. The van der Waals surface area contributed by atoms with Gasteiger partial charge in [-0.05, 0) is 23.3 Å². The van der Waals surface area contributed by atoms with Crippen molar-refractivity contribution < 1.29 is 14.3 Å². The van der Waals surface area contributed by atoms with Crippen molar-refractivity contribution in [3.8, 4) is 5.75 Å². The quantitative estimate of drug-likeness (QED) is 0.576. The predicted octanol–water partition coefficient (Wildman–Crippen LogP) is 0.713. The van der Waals surface area contributed by atoms with Gasteiger partial charge in [0.1, 0.15) is 11.8 Å². The first-order valence-electron chi connectivity index (χ1n) is 8.86. The summed E-state index contributed by atoms with van der Waals surface area (Å²) in [6, 6.07) is 14.0. The first-order chi connectivity index (χ1) is 13.1. The molecular weight excluding hydrogens is 344 g/mol. The summed E-state index contributed by atoms with van der Waals surface area (Å²) in [5.74, 6) is -0.00788. The Morgan fingerprint density at radius 1 is 1.19 bits per heavy atom. The molecule has 2 aromatic carbocycles. The maximum atomic E-state index is 12.7. The van der Waals surface area contributed by atoms with E-state index in [0.717, 1.165) is 24.2 Å². The third-order valence-corrected chi connectivity index (χ3v) is 4.69. The van der Waals surface area contributed by atoms with Gasteiger partial charge in [-0.3, -0.25) is 20.4 Å². The summed E-state index contributed by atoms with van der Waals surface area (Å²) in [5, 5.41) is 2.73. The Balaban J connectivity index is 1.74. The molecule has 0 aliphatic carbocycles. The van der Waals surface area contributed by atoms with E-state index >= 15 is 0 Å². The lowest BCUT2D eigenvalue weighted by Crippen LogP contribution is -2.45. The van der Waals surface area contributed by atoms with Gasteiger partial charge >= 0.3 is 0 Å². The van der Waals surface area contributed by atoms with Gasteiger partial charge in [-0.25, -0.2) is 0 Å². The SMILES string of the molecule is COc1cc(C(=O)N[C@@H](Cc2ccccc2)C(N)=O)ccc1C1CNNC1. The van der Waals surface area contributed by atoms with Crippen LogP contribution in [0.3, 0.4) is 0 Å². The summed E-state index contributed by atoms with van der Waals surface area (Å²) in [6.45, 7) is 1.59. The molecule has 1 aliphatic heterocycles. The number of amides is 2. The van der Waals surface area contributed by atoms with Gasteiger partial charge in [-0.1, -0.05) is 36.4 Å². The molecule has 7 heteroatoms. The molecular formula is C20H24N4O3. The van der Waals surface area contributed by atoms with Crippen molar-refractivity contribution in [1.82, 2.24) is 16.2 Å². The average Bonchev–Trinajstić information content (AvgIpc) is 3.22. The second-order valence-electron chi connectivity index (χ2n) is 6.53. The Morgan fingerprint density at radius 2 is 1.89 bits per heavy atom. The molecule has 1 heterocycles. The summed E-state index contributed by atoms with van der Waals surface area (Å²) in [4.78, 5) is 24.4. The number of hydrogen-bond donors (Lipinski definition) is 4. The van der Waals surface area contributed by atoms with Gasteiger partial charge in [-0.2, -0.15) is 0 Å². The Kier molecular flexibility index (Phi) is 6.05. The van der Waals surface area contributed by atoms with Crippen LogP contribution in [-0.4, -0.2) is 38.1 Å². The molecule has 5 N–H and O–H groups in total. The lowest BCUT2D eigenvalue weighted by atomic mass is 9.97. The molecule has 0 spiro atoms. The van der Waals surface area contributed by atoms with E-state index in [4.69, 9.17) is 10.5 Å². The van der Waals surface area contributed by atoms with Gasteiger partial charge in [0.2, 0.25) is 5.91 Å². The molecule has 3 rings (SSSR count). The Hall–Kier alpha value is -2.90. The number of rotatable bonds is 7. The van der Waals surface area contributed by atoms with E-state index in [1.807, 2.05) is 36.4 Å². The van der Waals surface area contributed by atoms with E-state index in [1.165, 1.54) is 0 Å². The minimum Gasteiger partial charge on any atom is -0.496 e. The van der Waals surface area contributed by atoms with Crippen molar-refractivity contribution in [3.05, 3.63) is 65.2 Å². The second-order valence-corrected chi connectivity index (χ2v) is 6.53. The summed E-state index contributed by atoms with van der Waals surface area (Å²) in [5.41, 5.74) is 14.0. The number of carbonyl (C=O) groups is 2. The zero-order valence-corrected chi connectivity index (χ0v) is 15.2. The summed E-state index contributed by atoms with van der Waals surface area (Å²) < 4.78 is 5.47. The van der Waals surface area contributed by atoms with Crippen LogP contribution in [0.4, 0.5) is 0 Å². The van der Waals surface area contributed by atoms with Gasteiger partial charge < -0.3 is 15.8 Å². The van der Waals surface area contributed by atoms with E-state index in [2.05, 4.69) is 16.2 Å². The lowest BCUT2D eigenvalue weighted by Gasteiger charge is -2.17. The molecule has 0 unspecified atom stereocenters. The van der Waals surface area contributed by atoms with Crippen LogP contribution in [0.1, 0.15) is 27.4 Å². The van der Waals surface area contributed by atoms with Crippen LogP contribution < -0.4 is 26.6 Å². The summed E-state index contributed by atoms with van der Waals surface area (Å²) in [6.07, 6.45) is 0.344. The van der Waals surface area contributed by atoms with E-state index in [0.29, 0.717) is 17.7 Å². The predicted molar refractivity (Wildman–Crippen MR) is 102 cm³/mol. The highest BCUT2D eigenvalue weighted by Gasteiger charge is 2.23. The Bertz CT molecular complexity index is 804. The summed E-state index contributed by atoms with van der Waals surface area (Å²) >= 11 is 0. The topological polar surface area (TPSA) is 105 Å². The molecule has 0 radical (unpaired) electrons. The highest BCUT2D eigenvalue weighted by Crippen LogP contribution is 2.28. The van der Waals surface area contributed by atoms with Crippen LogP contribution in [-0.2, 0) is 11.2 Å². The fourth-order valence-corrected chi connectivity index (χ4v) is 3.19. The largest absolute Gasteiger partial charge is 0.496 e. The number of hydrogen-bond acceptors (Lipinski definition) is 5. The number of nitrogens with one attached hydrogen (secondary N) is 3. The van der Waals surface area contributed by atoms with E-state index < -0.39 is 11.9 Å². The monoisotopic (exact) mass is 368 g/mol. The molecule has 1 saturated heterocycles. The highest BCUT2D eigenvalue weighted by atomic mass is 16.5. The average molecular weight is 368 g/mol. The van der Waals surface area contributed by atoms with Crippen molar-refractivity contribution in [2.45, 2.75) is 18.4 Å². The van der Waals surface area contributed by atoms with Crippen LogP contribution in [0, 0.1) is 0 Å². The van der Waals surface area contributed by atoms with Crippen LogP contribution in [0.15, 0.2) is 48.5 Å². The van der Waals surface area contributed by atoms with Gasteiger partial charge in [0.05, 0.1) is 7.11 Å². The number of primary amides is 1. The van der Waals surface area contributed by atoms with Crippen molar-refractivity contribution in [2.24, 2.45) is 5.73 Å². The van der Waals surface area contributed by atoms with Gasteiger partial charge in [0.15, 0.2) is 0 Å². The number of benzene rings is 2. The standard InChI is InChI=1S/C20H24N4O3/c1-27-18-10-14(7-8-16(18)15-11-22-23-12-15)20(26)24-17(19(21)25)9-13-5-3-2-4-6-13/h2-8,10,15,17,22-23H,9,11-12H2,1H3,(H2,21,25)(H,24,26)/t17-/m0/s1. The number of nitrogens with two attached hydrogens (primary N) is 1. The Morgan fingerprint density at radius 3 is 2.52 bits per heavy atom. The number of carbonyl (C=O) groups excluding carboxylic acids is 2. The van der Waals surface area contributed by atoms with Crippen LogP contribution >= 0.6 is 0 Å². The van der Waals surface area contributed by atoms with Crippen LogP contribution in [0.2, 0.25) is 0 Å². The first kappa shape index (κ1) is 18.9. The zero-order chi connectivity index (χ0) is 19.2. The van der Waals surface area contributed by atoms with Gasteiger partial charge in [0.25, 0.3) is 5.91 Å². The normalized spacial score (nSPS) is 15.3.